The SMILES string of the molecule is C#CCOCCOCCO[C@]1(C(=O)O)C[C@H](O)[C@@H](N)[C@H]([C@H](O)[C@H](O)CNC(=O)Cc2ccc(-c3ccc(O)cc3)cc2)O1. The molecule has 43 heavy (non-hydrogen) atoms. The van der Waals surface area contributed by atoms with Crippen molar-refractivity contribution in [3.63, 3.8) is 0 Å². The average Bonchev–Trinajstić information content (AvgIpc) is 2.99. The number of benzene rings is 2. The van der Waals surface area contributed by atoms with Gasteiger partial charge in [0.25, 0.3) is 5.79 Å². The summed E-state index contributed by atoms with van der Waals surface area (Å²) in [4.78, 5) is 24.6. The Hall–Kier alpha value is -3.58. The molecule has 0 aromatic heterocycles. The highest BCUT2D eigenvalue weighted by Gasteiger charge is 2.54. The second-order valence-electron chi connectivity index (χ2n) is 9.99. The number of aliphatic carboxylic acids is 1. The van der Waals surface area contributed by atoms with E-state index in [1.165, 1.54) is 0 Å². The minimum atomic E-state index is -2.36. The number of aliphatic hydroxyl groups is 3. The zero-order valence-electron chi connectivity index (χ0n) is 23.5. The van der Waals surface area contributed by atoms with Crippen molar-refractivity contribution in [1.82, 2.24) is 5.32 Å². The van der Waals surface area contributed by atoms with Gasteiger partial charge in [0.1, 0.15) is 24.6 Å². The summed E-state index contributed by atoms with van der Waals surface area (Å²) in [5.41, 5.74) is 8.48. The predicted molar refractivity (Wildman–Crippen MR) is 153 cm³/mol. The maximum Gasteiger partial charge on any atom is 0.364 e. The molecule has 3 rings (SSSR count). The number of carbonyl (C=O) groups excluding carboxylic acids is 1. The standard InChI is InChI=1S/C30H38N2O11/c1-2-11-40-12-13-41-14-15-42-30(29(38)39)17-23(34)26(31)28(43-30)27(37)24(35)18-32-25(36)16-19-3-5-20(6-4-19)21-7-9-22(33)10-8-21/h1,3-10,23-24,26-28,33-35,37H,11-18,31H2,(H,32,36)(H,38,39)/t23-,24+,26+,27+,28+,30+/m0/s1. The molecule has 1 heterocycles. The fourth-order valence-electron chi connectivity index (χ4n) is 4.46. The van der Waals surface area contributed by atoms with E-state index in [-0.39, 0.29) is 45.2 Å². The number of rotatable bonds is 16. The Morgan fingerprint density at radius 1 is 1.05 bits per heavy atom. The first-order valence-electron chi connectivity index (χ1n) is 13.6. The summed E-state index contributed by atoms with van der Waals surface area (Å²) in [6.45, 7) is -0.116. The van der Waals surface area contributed by atoms with Crippen LogP contribution in [0, 0.1) is 12.3 Å². The molecule has 0 radical (unpaired) electrons. The minimum absolute atomic E-state index is 0.00903. The number of hydrogen-bond donors (Lipinski definition) is 7. The van der Waals surface area contributed by atoms with E-state index < -0.39 is 61.1 Å². The van der Waals surface area contributed by atoms with Crippen molar-refractivity contribution in [2.75, 3.05) is 39.6 Å². The highest BCUT2D eigenvalue weighted by molar-refractivity contribution is 5.79. The number of carboxylic acids is 1. The quantitative estimate of drug-likeness (QED) is 0.0947. The maximum absolute atomic E-state index is 12.5. The fourth-order valence-corrected chi connectivity index (χ4v) is 4.46. The highest BCUT2D eigenvalue weighted by atomic mass is 16.7. The van der Waals surface area contributed by atoms with Crippen molar-refractivity contribution in [2.45, 2.75) is 49.1 Å². The van der Waals surface area contributed by atoms with Crippen LogP contribution in [0.4, 0.5) is 0 Å². The van der Waals surface area contributed by atoms with Crippen LogP contribution in [0.1, 0.15) is 12.0 Å². The number of ether oxygens (including phenoxy) is 4. The zero-order valence-corrected chi connectivity index (χ0v) is 23.5. The Kier molecular flexibility index (Phi) is 12.9. The Balaban J connectivity index is 1.51. The summed E-state index contributed by atoms with van der Waals surface area (Å²) in [7, 11) is 0. The smallest absolute Gasteiger partial charge is 0.364 e. The van der Waals surface area contributed by atoms with Crippen molar-refractivity contribution in [1.29, 1.82) is 0 Å². The van der Waals surface area contributed by atoms with Crippen LogP contribution in [0.25, 0.3) is 11.1 Å². The number of terminal acetylenes is 1. The summed E-state index contributed by atoms with van der Waals surface area (Å²) in [5.74, 6) is -1.90. The fraction of sp³-hybridized carbons (Fsp3) is 0.467. The van der Waals surface area contributed by atoms with Crippen LogP contribution in [0.2, 0.25) is 0 Å². The lowest BCUT2D eigenvalue weighted by Gasteiger charge is -2.45. The van der Waals surface area contributed by atoms with Crippen LogP contribution in [0.5, 0.6) is 5.75 Å². The summed E-state index contributed by atoms with van der Waals surface area (Å²) < 4.78 is 21.4. The topological polar surface area (TPSA) is 210 Å². The molecule has 234 valence electrons. The van der Waals surface area contributed by atoms with Crippen LogP contribution in [0.3, 0.4) is 0 Å². The van der Waals surface area contributed by atoms with Crippen molar-refractivity contribution in [2.24, 2.45) is 5.73 Å². The van der Waals surface area contributed by atoms with Crippen molar-refractivity contribution >= 4 is 11.9 Å². The molecule has 13 heteroatoms. The van der Waals surface area contributed by atoms with Crippen LogP contribution < -0.4 is 11.1 Å². The summed E-state index contributed by atoms with van der Waals surface area (Å²) >= 11 is 0. The molecular weight excluding hydrogens is 564 g/mol. The number of nitrogens with one attached hydrogen (secondary N) is 1. The number of carbonyl (C=O) groups is 2. The predicted octanol–water partition coefficient (Wildman–Crippen LogP) is -0.619. The third-order valence-corrected chi connectivity index (χ3v) is 6.83. The van der Waals surface area contributed by atoms with Gasteiger partial charge in [0.05, 0.1) is 51.1 Å². The Labute approximate surface area is 249 Å². The largest absolute Gasteiger partial charge is 0.508 e. The Morgan fingerprint density at radius 3 is 2.28 bits per heavy atom. The van der Waals surface area contributed by atoms with Crippen molar-refractivity contribution in [3.8, 4) is 29.2 Å². The van der Waals surface area contributed by atoms with Crippen molar-refractivity contribution < 1.29 is 54.1 Å². The van der Waals surface area contributed by atoms with Crippen molar-refractivity contribution in [3.05, 3.63) is 54.1 Å². The molecule has 1 aliphatic heterocycles. The van der Waals surface area contributed by atoms with Gasteiger partial charge in [-0.2, -0.15) is 0 Å². The molecule has 8 N–H and O–H groups in total. The zero-order chi connectivity index (χ0) is 31.4. The molecule has 0 bridgehead atoms. The van der Waals surface area contributed by atoms with Crippen LogP contribution >= 0.6 is 0 Å². The number of hydrogen-bond acceptors (Lipinski definition) is 11. The molecule has 2 aromatic rings. The van der Waals surface area contributed by atoms with E-state index in [0.717, 1.165) is 11.1 Å². The Bertz CT molecular complexity index is 1220. The molecule has 13 nitrogen and oxygen atoms in total. The first kappa shape index (κ1) is 33.9. The van der Waals surface area contributed by atoms with Gasteiger partial charge in [-0.1, -0.05) is 42.3 Å². The van der Waals surface area contributed by atoms with Gasteiger partial charge >= 0.3 is 5.97 Å². The molecule has 1 aliphatic rings. The van der Waals surface area contributed by atoms with Gasteiger partial charge < -0.3 is 55.5 Å². The summed E-state index contributed by atoms with van der Waals surface area (Å²) in [5, 5.41) is 53.7. The molecule has 0 saturated carbocycles. The molecule has 0 spiro atoms. The minimum Gasteiger partial charge on any atom is -0.508 e. The molecular formula is C30H38N2O11. The van der Waals surface area contributed by atoms with E-state index in [1.807, 2.05) is 12.1 Å². The molecule has 0 unspecified atom stereocenters. The maximum atomic E-state index is 12.5. The van der Waals surface area contributed by atoms with Gasteiger partial charge in [0, 0.05) is 13.0 Å². The van der Waals surface area contributed by atoms with Gasteiger partial charge in [-0.3, -0.25) is 4.79 Å². The number of aliphatic hydroxyl groups excluding tert-OH is 3. The normalized spacial score (nSPS) is 23.2. The van der Waals surface area contributed by atoms with E-state index >= 15 is 0 Å². The second-order valence-corrected chi connectivity index (χ2v) is 9.99. The van der Waals surface area contributed by atoms with E-state index in [2.05, 4.69) is 11.2 Å². The first-order chi connectivity index (χ1) is 20.6. The lowest BCUT2D eigenvalue weighted by atomic mass is 9.89. The number of phenolic OH excluding ortho intramolecular Hbond substituents is 1. The van der Waals surface area contributed by atoms with E-state index in [1.54, 1.807) is 36.4 Å². The third-order valence-electron chi connectivity index (χ3n) is 6.83. The lowest BCUT2D eigenvalue weighted by Crippen LogP contribution is -2.66. The molecule has 0 aliphatic carbocycles. The molecule has 1 amide bonds. The third kappa shape index (κ3) is 9.72. The molecule has 1 fully saturated rings. The summed E-state index contributed by atoms with van der Waals surface area (Å²) in [6, 6.07) is 12.6. The number of phenols is 1. The second kappa shape index (κ2) is 16.3. The number of nitrogens with two attached hydrogens (primary N) is 1. The van der Waals surface area contributed by atoms with Gasteiger partial charge in [0.2, 0.25) is 5.91 Å². The van der Waals surface area contributed by atoms with Gasteiger partial charge in [-0.25, -0.2) is 4.79 Å². The molecule has 6 atom stereocenters. The monoisotopic (exact) mass is 602 g/mol. The van der Waals surface area contributed by atoms with E-state index in [4.69, 9.17) is 31.1 Å². The Morgan fingerprint density at radius 2 is 1.65 bits per heavy atom. The lowest BCUT2D eigenvalue weighted by molar-refractivity contribution is -0.310. The van der Waals surface area contributed by atoms with E-state index in [9.17, 15) is 35.1 Å². The molecule has 1 saturated heterocycles. The average molecular weight is 603 g/mol. The molecule has 2 aromatic carbocycles. The van der Waals surface area contributed by atoms with Crippen LogP contribution in [-0.4, -0.2) is 113 Å². The number of carboxylic acid groups (broad SMARTS) is 1. The van der Waals surface area contributed by atoms with Gasteiger partial charge in [-0.15, -0.1) is 6.42 Å². The number of amides is 1. The van der Waals surface area contributed by atoms with Gasteiger partial charge in [-0.05, 0) is 28.8 Å². The number of aromatic hydroxyl groups is 1. The van der Waals surface area contributed by atoms with Crippen LogP contribution in [0.15, 0.2) is 48.5 Å². The first-order valence-corrected chi connectivity index (χ1v) is 13.6. The highest BCUT2D eigenvalue weighted by Crippen LogP contribution is 2.32. The van der Waals surface area contributed by atoms with E-state index in [0.29, 0.717) is 5.56 Å². The van der Waals surface area contributed by atoms with Gasteiger partial charge in [0.15, 0.2) is 0 Å². The van der Waals surface area contributed by atoms with Crippen LogP contribution in [-0.2, 0) is 35.0 Å². The summed E-state index contributed by atoms with van der Waals surface area (Å²) in [6.07, 6.45) is -1.84.